The van der Waals surface area contributed by atoms with Crippen molar-refractivity contribution in [2.24, 2.45) is 0 Å². The summed E-state index contributed by atoms with van der Waals surface area (Å²) in [6.07, 6.45) is 1.81. The van der Waals surface area contributed by atoms with Gasteiger partial charge in [0, 0.05) is 19.6 Å². The van der Waals surface area contributed by atoms with E-state index in [0.717, 1.165) is 17.7 Å². The number of fused-ring (bicyclic) bond motifs is 1. The Labute approximate surface area is 147 Å². The van der Waals surface area contributed by atoms with Crippen LogP contribution in [0.5, 0.6) is 5.75 Å². The zero-order chi connectivity index (χ0) is 17.8. The van der Waals surface area contributed by atoms with Crippen molar-refractivity contribution in [3.63, 3.8) is 0 Å². The first-order valence-corrected chi connectivity index (χ1v) is 8.36. The summed E-state index contributed by atoms with van der Waals surface area (Å²) in [6, 6.07) is 7.55. The Balaban J connectivity index is 1.57. The van der Waals surface area contributed by atoms with E-state index in [1.54, 1.807) is 23.0 Å². The van der Waals surface area contributed by atoms with E-state index in [1.165, 1.54) is 0 Å². The summed E-state index contributed by atoms with van der Waals surface area (Å²) in [5.74, 6) is 0.807. The zero-order valence-corrected chi connectivity index (χ0v) is 14.3. The number of likely N-dealkylation sites (tertiary alicyclic amines) is 1. The molecule has 1 N–H and O–H groups in total. The van der Waals surface area contributed by atoms with E-state index in [1.807, 2.05) is 24.3 Å². The molecule has 3 amide bonds. The van der Waals surface area contributed by atoms with E-state index in [4.69, 9.17) is 9.47 Å². The van der Waals surface area contributed by atoms with Gasteiger partial charge in [0.05, 0.1) is 19.7 Å². The van der Waals surface area contributed by atoms with Gasteiger partial charge < -0.3 is 19.7 Å². The normalized spacial score (nSPS) is 21.7. The Kier molecular flexibility index (Phi) is 5.11. The van der Waals surface area contributed by atoms with Gasteiger partial charge in [0.2, 0.25) is 0 Å². The summed E-state index contributed by atoms with van der Waals surface area (Å²) < 4.78 is 10.6. The van der Waals surface area contributed by atoms with Crippen LogP contribution in [0, 0.1) is 0 Å². The molecule has 25 heavy (non-hydrogen) atoms. The molecular weight excluding hydrogens is 322 g/mol. The van der Waals surface area contributed by atoms with Crippen LogP contribution in [0.3, 0.4) is 0 Å². The summed E-state index contributed by atoms with van der Waals surface area (Å²) in [5, 5.41) is 2.76. The molecule has 0 aromatic heterocycles. The van der Waals surface area contributed by atoms with E-state index in [9.17, 15) is 9.59 Å². The van der Waals surface area contributed by atoms with Crippen LogP contribution in [0.15, 0.2) is 36.9 Å². The van der Waals surface area contributed by atoms with E-state index < -0.39 is 0 Å². The van der Waals surface area contributed by atoms with E-state index in [0.29, 0.717) is 26.2 Å². The van der Waals surface area contributed by atoms with Crippen molar-refractivity contribution >= 4 is 12.1 Å². The number of benzene rings is 1. The molecule has 2 aliphatic rings. The maximum absolute atomic E-state index is 12.1. The summed E-state index contributed by atoms with van der Waals surface area (Å²) >= 11 is 0. The number of rotatable bonds is 6. The Bertz CT molecular complexity index is 646. The maximum atomic E-state index is 12.1. The number of urea groups is 1. The standard InChI is InChI=1S/C18H23N3O4/c1-3-9-19-17(22)20-11-15-16(12-20)25-18(23)21(15)10-8-13-4-6-14(24-2)7-5-13/h3-7,15-16H,1,8-12H2,2H3,(H,19,22)/t15-,16+/m0/s1. The van der Waals surface area contributed by atoms with Crippen molar-refractivity contribution in [3.8, 4) is 5.75 Å². The molecule has 7 nitrogen and oxygen atoms in total. The third-order valence-corrected chi connectivity index (χ3v) is 4.61. The second kappa shape index (κ2) is 7.46. The molecule has 2 aliphatic heterocycles. The Morgan fingerprint density at radius 3 is 2.84 bits per heavy atom. The Morgan fingerprint density at radius 1 is 1.40 bits per heavy atom. The average Bonchev–Trinajstić information content (AvgIpc) is 3.15. The molecule has 0 unspecified atom stereocenters. The quantitative estimate of drug-likeness (QED) is 0.796. The van der Waals surface area contributed by atoms with E-state index in [-0.39, 0.29) is 24.3 Å². The molecule has 134 valence electrons. The summed E-state index contributed by atoms with van der Waals surface area (Å²) in [7, 11) is 1.63. The Morgan fingerprint density at radius 2 is 2.16 bits per heavy atom. The average molecular weight is 345 g/mol. The highest BCUT2D eigenvalue weighted by Gasteiger charge is 2.48. The molecule has 2 saturated heterocycles. The third kappa shape index (κ3) is 3.70. The number of hydrogen-bond donors (Lipinski definition) is 1. The van der Waals surface area contributed by atoms with Crippen molar-refractivity contribution in [2.75, 3.05) is 33.3 Å². The van der Waals surface area contributed by atoms with Crippen molar-refractivity contribution in [2.45, 2.75) is 18.6 Å². The van der Waals surface area contributed by atoms with Crippen molar-refractivity contribution in [3.05, 3.63) is 42.5 Å². The van der Waals surface area contributed by atoms with Crippen LogP contribution < -0.4 is 10.1 Å². The first-order chi connectivity index (χ1) is 12.1. The second-order valence-electron chi connectivity index (χ2n) is 6.16. The van der Waals surface area contributed by atoms with Gasteiger partial charge >= 0.3 is 12.1 Å². The molecule has 0 aliphatic carbocycles. The van der Waals surface area contributed by atoms with Crippen LogP contribution in [0.4, 0.5) is 9.59 Å². The Hall–Kier alpha value is -2.70. The molecule has 3 rings (SSSR count). The van der Waals surface area contributed by atoms with Gasteiger partial charge in [0.15, 0.2) is 0 Å². The predicted molar refractivity (Wildman–Crippen MR) is 92.6 cm³/mol. The molecule has 2 heterocycles. The van der Waals surface area contributed by atoms with Crippen LogP contribution >= 0.6 is 0 Å². The van der Waals surface area contributed by atoms with Crippen LogP contribution in [0.1, 0.15) is 5.56 Å². The lowest BCUT2D eigenvalue weighted by molar-refractivity contribution is 0.123. The monoisotopic (exact) mass is 345 g/mol. The highest BCUT2D eigenvalue weighted by molar-refractivity contribution is 5.76. The fourth-order valence-corrected chi connectivity index (χ4v) is 3.24. The lowest BCUT2D eigenvalue weighted by Crippen LogP contribution is -2.43. The number of hydrogen-bond acceptors (Lipinski definition) is 4. The molecule has 2 fully saturated rings. The predicted octanol–water partition coefficient (Wildman–Crippen LogP) is 1.64. The number of amides is 3. The van der Waals surface area contributed by atoms with Crippen molar-refractivity contribution in [1.29, 1.82) is 0 Å². The lowest BCUT2D eigenvalue weighted by atomic mass is 10.1. The van der Waals surface area contributed by atoms with E-state index in [2.05, 4.69) is 11.9 Å². The fourth-order valence-electron chi connectivity index (χ4n) is 3.24. The molecule has 1 aromatic carbocycles. The van der Waals surface area contributed by atoms with Gasteiger partial charge in [-0.25, -0.2) is 9.59 Å². The molecule has 0 bridgehead atoms. The topological polar surface area (TPSA) is 71.1 Å². The third-order valence-electron chi connectivity index (χ3n) is 4.61. The largest absolute Gasteiger partial charge is 0.497 e. The number of carbonyl (C=O) groups is 2. The lowest BCUT2D eigenvalue weighted by Gasteiger charge is -2.22. The highest BCUT2D eigenvalue weighted by Crippen LogP contribution is 2.27. The number of carbonyl (C=O) groups excluding carboxylic acids is 2. The van der Waals surface area contributed by atoms with Crippen LogP contribution in [-0.4, -0.2) is 67.4 Å². The van der Waals surface area contributed by atoms with Gasteiger partial charge in [-0.2, -0.15) is 0 Å². The molecule has 0 spiro atoms. The molecule has 0 saturated carbocycles. The SMILES string of the molecule is C=CCNC(=O)N1C[C@H]2OC(=O)N(CCc3ccc(OC)cc3)[C@H]2C1. The smallest absolute Gasteiger partial charge is 0.410 e. The summed E-state index contributed by atoms with van der Waals surface area (Å²) in [5.41, 5.74) is 1.12. The molecule has 1 aromatic rings. The number of ether oxygens (including phenoxy) is 2. The van der Waals surface area contributed by atoms with Gasteiger partial charge in [-0.15, -0.1) is 6.58 Å². The zero-order valence-electron chi connectivity index (χ0n) is 14.3. The highest BCUT2D eigenvalue weighted by atomic mass is 16.6. The molecule has 7 heteroatoms. The minimum atomic E-state index is -0.297. The minimum Gasteiger partial charge on any atom is -0.497 e. The number of nitrogens with zero attached hydrogens (tertiary/aromatic N) is 2. The van der Waals surface area contributed by atoms with Gasteiger partial charge in [-0.05, 0) is 24.1 Å². The van der Waals surface area contributed by atoms with Gasteiger partial charge in [-0.1, -0.05) is 18.2 Å². The van der Waals surface area contributed by atoms with Crippen LogP contribution in [0.25, 0.3) is 0 Å². The van der Waals surface area contributed by atoms with Gasteiger partial charge in [-0.3, -0.25) is 4.90 Å². The van der Waals surface area contributed by atoms with Crippen molar-refractivity contribution in [1.82, 2.24) is 15.1 Å². The van der Waals surface area contributed by atoms with Crippen LogP contribution in [0.2, 0.25) is 0 Å². The number of nitrogens with one attached hydrogen (secondary N) is 1. The molecule has 2 atom stereocenters. The van der Waals surface area contributed by atoms with E-state index >= 15 is 0 Å². The minimum absolute atomic E-state index is 0.0831. The first-order valence-electron chi connectivity index (χ1n) is 8.36. The summed E-state index contributed by atoms with van der Waals surface area (Å²) in [6.45, 7) is 5.49. The number of methoxy groups -OCH3 is 1. The van der Waals surface area contributed by atoms with Gasteiger partial charge in [0.1, 0.15) is 11.9 Å². The van der Waals surface area contributed by atoms with Crippen LogP contribution in [-0.2, 0) is 11.2 Å². The first kappa shape index (κ1) is 17.1. The second-order valence-corrected chi connectivity index (χ2v) is 6.16. The van der Waals surface area contributed by atoms with Crippen molar-refractivity contribution < 1.29 is 19.1 Å². The maximum Gasteiger partial charge on any atom is 0.410 e. The molecule has 0 radical (unpaired) electrons. The fraction of sp³-hybridized carbons (Fsp3) is 0.444. The van der Waals surface area contributed by atoms with Gasteiger partial charge in [0.25, 0.3) is 0 Å². The molecular formula is C18H23N3O4. The summed E-state index contributed by atoms with van der Waals surface area (Å²) in [4.78, 5) is 27.6.